The van der Waals surface area contributed by atoms with Gasteiger partial charge in [-0.25, -0.2) is 13.1 Å². The molecule has 1 aromatic rings. The lowest BCUT2D eigenvalue weighted by molar-refractivity contribution is 0.414. The molecule has 20 heavy (non-hydrogen) atoms. The van der Waals surface area contributed by atoms with Crippen molar-refractivity contribution < 1.29 is 8.42 Å². The standard InChI is InChI=1S/C14H21N3O2S/c1-11(2)12(3)8-17-20(18,19)14-7-13(5-4-6-15)9-16-10-14/h7,9-12,17H,6,8,15H2,1-3H3. The Balaban J connectivity index is 2.87. The molecule has 110 valence electrons. The molecule has 1 atom stereocenters. The second-order valence-electron chi connectivity index (χ2n) is 4.99. The fourth-order valence-electron chi connectivity index (χ4n) is 1.35. The number of sulfonamides is 1. The molecule has 1 rings (SSSR count). The molecule has 0 bridgehead atoms. The summed E-state index contributed by atoms with van der Waals surface area (Å²) in [5.74, 6) is 6.12. The predicted octanol–water partition coefficient (Wildman–Crippen LogP) is 0.962. The van der Waals surface area contributed by atoms with E-state index in [1.807, 2.05) is 6.92 Å². The van der Waals surface area contributed by atoms with Crippen LogP contribution in [0.15, 0.2) is 23.4 Å². The second-order valence-corrected chi connectivity index (χ2v) is 6.76. The van der Waals surface area contributed by atoms with Gasteiger partial charge in [0.2, 0.25) is 10.0 Å². The van der Waals surface area contributed by atoms with Gasteiger partial charge in [0.1, 0.15) is 4.90 Å². The molecule has 3 N–H and O–H groups in total. The van der Waals surface area contributed by atoms with E-state index in [1.165, 1.54) is 18.5 Å². The number of nitrogens with one attached hydrogen (secondary N) is 1. The number of hydrogen-bond donors (Lipinski definition) is 2. The van der Waals surface area contributed by atoms with Crippen molar-refractivity contribution >= 4 is 10.0 Å². The molecule has 1 heterocycles. The van der Waals surface area contributed by atoms with Crippen molar-refractivity contribution in [3.8, 4) is 11.8 Å². The van der Waals surface area contributed by atoms with E-state index in [-0.39, 0.29) is 17.4 Å². The van der Waals surface area contributed by atoms with E-state index < -0.39 is 10.0 Å². The van der Waals surface area contributed by atoms with Gasteiger partial charge < -0.3 is 5.73 Å². The number of pyridine rings is 1. The van der Waals surface area contributed by atoms with Crippen LogP contribution in [-0.4, -0.2) is 26.5 Å². The van der Waals surface area contributed by atoms with Crippen molar-refractivity contribution in [1.82, 2.24) is 9.71 Å². The molecular formula is C14H21N3O2S. The maximum absolute atomic E-state index is 12.2. The van der Waals surface area contributed by atoms with Gasteiger partial charge in [-0.3, -0.25) is 4.98 Å². The minimum atomic E-state index is -3.55. The number of nitrogens with zero attached hydrogens (tertiary/aromatic N) is 1. The van der Waals surface area contributed by atoms with Crippen molar-refractivity contribution in [1.29, 1.82) is 0 Å². The summed E-state index contributed by atoms with van der Waals surface area (Å²) < 4.78 is 26.9. The molecule has 0 spiro atoms. The molecule has 0 radical (unpaired) electrons. The van der Waals surface area contributed by atoms with E-state index in [0.717, 1.165) is 0 Å². The average Bonchev–Trinajstić information content (AvgIpc) is 2.42. The van der Waals surface area contributed by atoms with E-state index in [1.54, 1.807) is 0 Å². The van der Waals surface area contributed by atoms with Crippen LogP contribution in [0.4, 0.5) is 0 Å². The Morgan fingerprint density at radius 1 is 1.35 bits per heavy atom. The van der Waals surface area contributed by atoms with Crippen LogP contribution in [-0.2, 0) is 10.0 Å². The summed E-state index contributed by atoms with van der Waals surface area (Å²) in [5.41, 5.74) is 5.82. The summed E-state index contributed by atoms with van der Waals surface area (Å²) in [5, 5.41) is 0. The van der Waals surface area contributed by atoms with Crippen LogP contribution in [0.1, 0.15) is 26.3 Å². The Morgan fingerprint density at radius 3 is 2.65 bits per heavy atom. The van der Waals surface area contributed by atoms with Gasteiger partial charge in [0, 0.05) is 24.5 Å². The summed E-state index contributed by atoms with van der Waals surface area (Å²) in [6.07, 6.45) is 2.83. The molecule has 0 amide bonds. The van der Waals surface area contributed by atoms with Crippen molar-refractivity contribution in [2.75, 3.05) is 13.1 Å². The van der Waals surface area contributed by atoms with E-state index in [9.17, 15) is 8.42 Å². The monoisotopic (exact) mass is 295 g/mol. The highest BCUT2D eigenvalue weighted by Gasteiger charge is 2.17. The third-order valence-corrected chi connectivity index (χ3v) is 4.48. The molecule has 6 heteroatoms. The summed E-state index contributed by atoms with van der Waals surface area (Å²) in [6, 6.07) is 1.50. The smallest absolute Gasteiger partial charge is 0.242 e. The molecule has 1 aromatic heterocycles. The minimum absolute atomic E-state index is 0.122. The normalized spacial score (nSPS) is 12.8. The van der Waals surface area contributed by atoms with Gasteiger partial charge in [0.25, 0.3) is 0 Å². The van der Waals surface area contributed by atoms with Gasteiger partial charge in [-0.1, -0.05) is 32.6 Å². The van der Waals surface area contributed by atoms with Gasteiger partial charge in [0.15, 0.2) is 0 Å². The Morgan fingerprint density at radius 2 is 2.05 bits per heavy atom. The van der Waals surface area contributed by atoms with Crippen LogP contribution in [0.3, 0.4) is 0 Å². The Hall–Kier alpha value is -1.42. The molecule has 1 unspecified atom stereocenters. The molecule has 0 aliphatic carbocycles. The first-order valence-corrected chi connectivity index (χ1v) is 7.98. The van der Waals surface area contributed by atoms with Gasteiger partial charge in [-0.05, 0) is 17.9 Å². The van der Waals surface area contributed by atoms with Crippen molar-refractivity contribution in [3.05, 3.63) is 24.0 Å². The highest BCUT2D eigenvalue weighted by Crippen LogP contribution is 2.12. The topological polar surface area (TPSA) is 85.1 Å². The summed E-state index contributed by atoms with van der Waals surface area (Å²) in [7, 11) is -3.55. The maximum atomic E-state index is 12.2. The van der Waals surface area contributed by atoms with Crippen LogP contribution in [0.2, 0.25) is 0 Å². The summed E-state index contributed by atoms with van der Waals surface area (Å²) >= 11 is 0. The lowest BCUT2D eigenvalue weighted by Gasteiger charge is -2.16. The quantitative estimate of drug-likeness (QED) is 0.792. The van der Waals surface area contributed by atoms with Crippen LogP contribution in [0.5, 0.6) is 0 Å². The Kier molecular flexibility index (Phi) is 6.14. The zero-order valence-electron chi connectivity index (χ0n) is 12.1. The SMILES string of the molecule is CC(C)C(C)CNS(=O)(=O)c1cncc(C#CCN)c1. The largest absolute Gasteiger partial charge is 0.320 e. The zero-order valence-corrected chi connectivity index (χ0v) is 12.9. The van der Waals surface area contributed by atoms with Gasteiger partial charge in [0.05, 0.1) is 6.54 Å². The molecule has 0 fully saturated rings. The third kappa shape index (κ3) is 4.93. The number of hydrogen-bond acceptors (Lipinski definition) is 4. The Bertz CT molecular complexity index is 600. The van der Waals surface area contributed by atoms with Crippen LogP contribution in [0, 0.1) is 23.7 Å². The molecule has 5 nitrogen and oxygen atoms in total. The van der Waals surface area contributed by atoms with Crippen LogP contribution >= 0.6 is 0 Å². The molecule has 0 saturated heterocycles. The first-order valence-electron chi connectivity index (χ1n) is 6.50. The lowest BCUT2D eigenvalue weighted by atomic mass is 9.99. The molecule has 0 aliphatic heterocycles. The average molecular weight is 295 g/mol. The fourth-order valence-corrected chi connectivity index (χ4v) is 2.48. The van der Waals surface area contributed by atoms with E-state index in [0.29, 0.717) is 18.0 Å². The summed E-state index contributed by atoms with van der Waals surface area (Å²) in [4.78, 5) is 4.03. The van der Waals surface area contributed by atoms with Gasteiger partial charge in [-0.15, -0.1) is 0 Å². The highest BCUT2D eigenvalue weighted by atomic mass is 32.2. The predicted molar refractivity (Wildman–Crippen MR) is 79.4 cm³/mol. The van der Waals surface area contributed by atoms with Crippen molar-refractivity contribution in [2.24, 2.45) is 17.6 Å². The van der Waals surface area contributed by atoms with Gasteiger partial charge in [-0.2, -0.15) is 0 Å². The lowest BCUT2D eigenvalue weighted by Crippen LogP contribution is -2.30. The van der Waals surface area contributed by atoms with Gasteiger partial charge >= 0.3 is 0 Å². The van der Waals surface area contributed by atoms with Crippen molar-refractivity contribution in [3.63, 3.8) is 0 Å². The zero-order chi connectivity index (χ0) is 15.2. The second kappa shape index (κ2) is 7.39. The van der Waals surface area contributed by atoms with E-state index in [4.69, 9.17) is 5.73 Å². The van der Waals surface area contributed by atoms with Crippen LogP contribution < -0.4 is 10.5 Å². The van der Waals surface area contributed by atoms with Crippen LogP contribution in [0.25, 0.3) is 0 Å². The minimum Gasteiger partial charge on any atom is -0.320 e. The number of rotatable bonds is 5. The first kappa shape index (κ1) is 16.6. The maximum Gasteiger partial charge on any atom is 0.242 e. The van der Waals surface area contributed by atoms with E-state index >= 15 is 0 Å². The first-order chi connectivity index (χ1) is 9.36. The highest BCUT2D eigenvalue weighted by molar-refractivity contribution is 7.89. The number of nitrogens with two attached hydrogens (primary N) is 1. The molecule has 0 aromatic carbocycles. The fraction of sp³-hybridized carbons (Fsp3) is 0.500. The summed E-state index contributed by atoms with van der Waals surface area (Å²) in [6.45, 7) is 6.75. The third-order valence-electron chi connectivity index (χ3n) is 3.09. The Labute approximate surface area is 121 Å². The molecule has 0 saturated carbocycles. The van der Waals surface area contributed by atoms with Crippen molar-refractivity contribution in [2.45, 2.75) is 25.7 Å². The number of aromatic nitrogens is 1. The van der Waals surface area contributed by atoms with E-state index in [2.05, 4.69) is 35.4 Å². The molecular weight excluding hydrogens is 274 g/mol. The molecule has 0 aliphatic rings.